The summed E-state index contributed by atoms with van der Waals surface area (Å²) >= 11 is 1.60. The first-order valence-corrected chi connectivity index (χ1v) is 9.21. The Hall–Kier alpha value is -1.75. The first-order chi connectivity index (χ1) is 11.1. The lowest BCUT2D eigenvalue weighted by molar-refractivity contribution is -0.138. The number of hydrogen-bond donors (Lipinski definition) is 0. The molecule has 0 N–H and O–H groups in total. The van der Waals surface area contributed by atoms with E-state index in [2.05, 4.69) is 6.92 Å². The monoisotopic (exact) mass is 332 g/mol. The number of rotatable bonds is 5. The summed E-state index contributed by atoms with van der Waals surface area (Å²) in [5.41, 5.74) is 2.60. The van der Waals surface area contributed by atoms with E-state index in [1.807, 2.05) is 55.3 Å². The van der Waals surface area contributed by atoms with Crippen LogP contribution in [-0.4, -0.2) is 30.0 Å². The molecule has 1 atom stereocenters. The molecule has 1 aromatic carbocycles. The highest BCUT2D eigenvalue weighted by atomic mass is 32.2. The number of para-hydroxylation sites is 1. The minimum Gasteiger partial charge on any atom is -0.463 e. The predicted molar refractivity (Wildman–Crippen MR) is 97.9 cm³/mol. The highest BCUT2D eigenvalue weighted by molar-refractivity contribution is 8.13. The fourth-order valence-corrected chi connectivity index (χ4v) is 3.42. The lowest BCUT2D eigenvalue weighted by atomic mass is 9.99. The molecule has 0 radical (unpaired) electrons. The highest BCUT2D eigenvalue weighted by Gasteiger charge is 2.32. The van der Waals surface area contributed by atoms with Crippen molar-refractivity contribution in [1.82, 2.24) is 0 Å². The summed E-state index contributed by atoms with van der Waals surface area (Å²) in [5.74, 6) is -0.256. The summed E-state index contributed by atoms with van der Waals surface area (Å²) < 4.78 is 5.28. The summed E-state index contributed by atoms with van der Waals surface area (Å²) in [4.78, 5) is 19.4. The smallest absolute Gasteiger partial charge is 0.337 e. The number of carbonyl (C=O) groups is 1. The molecular weight excluding hydrogens is 308 g/mol. The Balaban J connectivity index is 2.51. The van der Waals surface area contributed by atoms with Crippen molar-refractivity contribution in [2.24, 2.45) is 4.99 Å². The van der Waals surface area contributed by atoms with Crippen molar-refractivity contribution in [3.05, 3.63) is 41.6 Å². The van der Waals surface area contributed by atoms with Crippen molar-refractivity contribution in [2.45, 2.75) is 39.7 Å². The summed E-state index contributed by atoms with van der Waals surface area (Å²) in [6.07, 6.45) is 3.83. The van der Waals surface area contributed by atoms with Gasteiger partial charge in [-0.1, -0.05) is 43.3 Å². The minimum absolute atomic E-state index is 0.124. The SMILES string of the molecule is CCC[C@@H]1N=C(SC)N(c2ccccc2)C(C)=C1C(=O)OCC. The Kier molecular flexibility index (Phi) is 6.28. The molecule has 23 heavy (non-hydrogen) atoms. The zero-order chi connectivity index (χ0) is 16.8. The van der Waals surface area contributed by atoms with Crippen LogP contribution in [0.2, 0.25) is 0 Å². The van der Waals surface area contributed by atoms with Crippen molar-refractivity contribution < 1.29 is 9.53 Å². The zero-order valence-electron chi connectivity index (χ0n) is 14.2. The van der Waals surface area contributed by atoms with E-state index >= 15 is 0 Å². The molecule has 124 valence electrons. The molecule has 0 amide bonds. The Bertz CT molecular complexity index is 611. The standard InChI is InChI=1S/C18H24N2O2S/c1-5-10-15-16(17(21)22-6-2)13(3)20(18(19-15)23-4)14-11-8-7-9-12-14/h7-9,11-12,15H,5-6,10H2,1-4H3/t15-/m0/s1. The molecular formula is C18H24N2O2S. The van der Waals surface area contributed by atoms with Crippen molar-refractivity contribution >= 4 is 28.6 Å². The van der Waals surface area contributed by atoms with Gasteiger partial charge < -0.3 is 4.74 Å². The van der Waals surface area contributed by atoms with Crippen LogP contribution in [0.15, 0.2) is 46.6 Å². The number of amidine groups is 1. The fraction of sp³-hybridized carbons (Fsp3) is 0.444. The number of thioether (sulfide) groups is 1. The Morgan fingerprint density at radius 2 is 2.00 bits per heavy atom. The molecule has 0 saturated carbocycles. The summed E-state index contributed by atoms with van der Waals surface area (Å²) in [6.45, 7) is 6.29. The van der Waals surface area contributed by atoms with Crippen molar-refractivity contribution in [3.8, 4) is 0 Å². The van der Waals surface area contributed by atoms with Crippen LogP contribution in [0.3, 0.4) is 0 Å². The molecule has 0 spiro atoms. The molecule has 0 fully saturated rings. The molecule has 5 heteroatoms. The number of carbonyl (C=O) groups excluding carboxylic acids is 1. The number of allylic oxidation sites excluding steroid dienone is 1. The molecule has 4 nitrogen and oxygen atoms in total. The van der Waals surface area contributed by atoms with Gasteiger partial charge in [0.25, 0.3) is 0 Å². The lowest BCUT2D eigenvalue weighted by Crippen LogP contribution is -2.37. The fourth-order valence-electron chi connectivity index (χ4n) is 2.76. The van der Waals surface area contributed by atoms with Gasteiger partial charge in [0.15, 0.2) is 5.17 Å². The van der Waals surface area contributed by atoms with Gasteiger partial charge >= 0.3 is 5.97 Å². The molecule has 1 heterocycles. The lowest BCUT2D eigenvalue weighted by Gasteiger charge is -2.34. The number of nitrogens with zero attached hydrogens (tertiary/aromatic N) is 2. The van der Waals surface area contributed by atoms with Gasteiger partial charge in [-0.25, -0.2) is 4.79 Å². The quantitative estimate of drug-likeness (QED) is 0.757. The topological polar surface area (TPSA) is 41.9 Å². The number of hydrogen-bond acceptors (Lipinski definition) is 5. The number of aliphatic imine (C=N–C) groups is 1. The van der Waals surface area contributed by atoms with E-state index in [4.69, 9.17) is 9.73 Å². The summed E-state index contributed by atoms with van der Waals surface area (Å²) in [5, 5.41) is 0.917. The number of benzene rings is 1. The average Bonchev–Trinajstić information content (AvgIpc) is 2.55. The second-order valence-corrected chi connectivity index (χ2v) is 6.08. The summed E-state index contributed by atoms with van der Waals surface area (Å²) in [7, 11) is 0. The molecule has 1 aliphatic rings. The van der Waals surface area contributed by atoms with E-state index in [0.717, 1.165) is 29.4 Å². The first-order valence-electron chi connectivity index (χ1n) is 7.98. The van der Waals surface area contributed by atoms with Crippen molar-refractivity contribution in [1.29, 1.82) is 0 Å². The van der Waals surface area contributed by atoms with E-state index in [0.29, 0.717) is 12.2 Å². The van der Waals surface area contributed by atoms with E-state index in [-0.39, 0.29) is 12.0 Å². The third-order valence-electron chi connectivity index (χ3n) is 3.77. The minimum atomic E-state index is -0.256. The summed E-state index contributed by atoms with van der Waals surface area (Å²) in [6, 6.07) is 9.89. The van der Waals surface area contributed by atoms with Gasteiger partial charge in [-0.05, 0) is 38.7 Å². The van der Waals surface area contributed by atoms with Gasteiger partial charge in [-0.15, -0.1) is 0 Å². The van der Waals surface area contributed by atoms with Crippen LogP contribution in [-0.2, 0) is 9.53 Å². The molecule has 1 aromatic rings. The van der Waals surface area contributed by atoms with Crippen LogP contribution < -0.4 is 4.90 Å². The van der Waals surface area contributed by atoms with E-state index < -0.39 is 0 Å². The second kappa shape index (κ2) is 8.20. The highest BCUT2D eigenvalue weighted by Crippen LogP contribution is 2.33. The maximum absolute atomic E-state index is 12.5. The largest absolute Gasteiger partial charge is 0.463 e. The van der Waals surface area contributed by atoms with E-state index in [1.54, 1.807) is 11.8 Å². The van der Waals surface area contributed by atoms with Crippen LogP contribution >= 0.6 is 11.8 Å². The van der Waals surface area contributed by atoms with E-state index in [1.165, 1.54) is 0 Å². The van der Waals surface area contributed by atoms with Gasteiger partial charge in [0.1, 0.15) is 0 Å². The first kappa shape index (κ1) is 17.6. The third kappa shape index (κ3) is 3.78. The van der Waals surface area contributed by atoms with Crippen molar-refractivity contribution in [3.63, 3.8) is 0 Å². The van der Waals surface area contributed by atoms with Crippen LogP contribution in [0.1, 0.15) is 33.6 Å². The zero-order valence-corrected chi connectivity index (χ0v) is 15.0. The molecule has 0 aromatic heterocycles. The molecule has 0 saturated heterocycles. The molecule has 0 aliphatic carbocycles. The third-order valence-corrected chi connectivity index (χ3v) is 4.42. The van der Waals surface area contributed by atoms with Gasteiger partial charge in [0, 0.05) is 11.4 Å². The second-order valence-electron chi connectivity index (χ2n) is 5.31. The maximum Gasteiger partial charge on any atom is 0.337 e. The predicted octanol–water partition coefficient (Wildman–Crippen LogP) is 4.23. The molecule has 1 aliphatic heterocycles. The van der Waals surface area contributed by atoms with Crippen molar-refractivity contribution in [2.75, 3.05) is 17.8 Å². The van der Waals surface area contributed by atoms with Gasteiger partial charge in [-0.2, -0.15) is 0 Å². The normalized spacial score (nSPS) is 18.0. The molecule has 0 bridgehead atoms. The number of anilines is 1. The van der Waals surface area contributed by atoms with E-state index in [9.17, 15) is 4.79 Å². The number of ether oxygens (including phenoxy) is 1. The Morgan fingerprint density at radius 1 is 1.30 bits per heavy atom. The van der Waals surface area contributed by atoms with Gasteiger partial charge in [0.2, 0.25) is 0 Å². The number of esters is 1. The average molecular weight is 332 g/mol. The maximum atomic E-state index is 12.5. The molecule has 0 unspecified atom stereocenters. The van der Waals surface area contributed by atoms with Crippen LogP contribution in [0, 0.1) is 0 Å². The Morgan fingerprint density at radius 3 is 2.57 bits per heavy atom. The van der Waals surface area contributed by atoms with Crippen LogP contribution in [0.5, 0.6) is 0 Å². The Labute approximate surface area is 142 Å². The van der Waals surface area contributed by atoms with Crippen LogP contribution in [0.4, 0.5) is 5.69 Å². The van der Waals surface area contributed by atoms with Gasteiger partial charge in [0.05, 0.1) is 18.2 Å². The van der Waals surface area contributed by atoms with Gasteiger partial charge in [-0.3, -0.25) is 9.89 Å². The molecule has 2 rings (SSSR count). The van der Waals surface area contributed by atoms with Crippen LogP contribution in [0.25, 0.3) is 0 Å².